The highest BCUT2D eigenvalue weighted by Crippen LogP contribution is 2.37. The second-order valence-corrected chi connectivity index (χ2v) is 5.35. The fourth-order valence-electron chi connectivity index (χ4n) is 2.40. The molecular weight excluding hydrogens is 331 g/mol. The zero-order valence-corrected chi connectivity index (χ0v) is 13.4. The van der Waals surface area contributed by atoms with Crippen LogP contribution >= 0.6 is 0 Å². The Kier molecular flexibility index (Phi) is 5.01. The number of ether oxygens (including phenoxy) is 3. The first-order valence-electron chi connectivity index (χ1n) is 7.59. The van der Waals surface area contributed by atoms with Crippen molar-refractivity contribution in [1.82, 2.24) is 10.8 Å². The van der Waals surface area contributed by atoms with Gasteiger partial charge in [0.05, 0.1) is 0 Å². The fraction of sp³-hybridized carbons (Fsp3) is 0.235. The molecule has 0 aliphatic carbocycles. The topological polar surface area (TPSA) is 89.1 Å². The highest BCUT2D eigenvalue weighted by Gasteiger charge is 2.33. The summed E-state index contributed by atoms with van der Waals surface area (Å²) in [7, 11) is 1.46. The number of carbonyl (C=O) groups is 1. The maximum atomic E-state index is 12.9. The number of benzene rings is 2. The monoisotopic (exact) mass is 348 g/mol. The smallest absolute Gasteiger partial charge is 0.243 e. The Hall–Kier alpha value is -2.84. The van der Waals surface area contributed by atoms with Crippen LogP contribution in [0.4, 0.5) is 4.39 Å². The largest absolute Gasteiger partial charge is 0.486 e. The van der Waals surface area contributed by atoms with Crippen LogP contribution < -0.4 is 25.0 Å². The third kappa shape index (κ3) is 3.81. The lowest BCUT2D eigenvalue weighted by Crippen LogP contribution is -2.54. The highest BCUT2D eigenvalue weighted by atomic mass is 19.1. The van der Waals surface area contributed by atoms with Crippen molar-refractivity contribution in [3.05, 3.63) is 48.3 Å². The van der Waals surface area contributed by atoms with Gasteiger partial charge in [0.2, 0.25) is 5.91 Å². The van der Waals surface area contributed by atoms with Crippen LogP contribution in [0.25, 0.3) is 0 Å². The summed E-state index contributed by atoms with van der Waals surface area (Å²) in [4.78, 5) is 11.8. The van der Waals surface area contributed by atoms with E-state index in [9.17, 15) is 14.4 Å². The van der Waals surface area contributed by atoms with Crippen molar-refractivity contribution in [2.24, 2.45) is 0 Å². The van der Waals surface area contributed by atoms with E-state index in [1.807, 2.05) is 5.48 Å². The van der Waals surface area contributed by atoms with Gasteiger partial charge in [-0.2, -0.15) is 5.48 Å². The molecule has 3 rings (SSSR count). The number of likely N-dealkylation sites (N-methyl/N-ethyl adjacent to an activating group) is 1. The predicted octanol–water partition coefficient (Wildman–Crippen LogP) is 1.85. The molecular formula is C17H17FN2O5. The molecule has 0 spiro atoms. The Bertz CT molecular complexity index is 753. The summed E-state index contributed by atoms with van der Waals surface area (Å²) in [6.07, 6.45) is -0.724. The van der Waals surface area contributed by atoms with Gasteiger partial charge < -0.3 is 24.7 Å². The number of hydroxylamine groups is 1. The molecule has 0 radical (unpaired) electrons. The van der Waals surface area contributed by atoms with E-state index in [4.69, 9.17) is 14.2 Å². The molecule has 132 valence electrons. The molecule has 2 aromatic carbocycles. The van der Waals surface area contributed by atoms with E-state index in [2.05, 4.69) is 5.32 Å². The van der Waals surface area contributed by atoms with Crippen LogP contribution in [0.3, 0.4) is 0 Å². The molecule has 7 nitrogen and oxygen atoms in total. The minimum absolute atomic E-state index is 0.0941. The third-order valence-electron chi connectivity index (χ3n) is 3.69. The number of fused-ring (bicyclic) bond motifs is 1. The quantitative estimate of drug-likeness (QED) is 0.715. The lowest BCUT2D eigenvalue weighted by molar-refractivity contribution is -0.129. The summed E-state index contributed by atoms with van der Waals surface area (Å²) in [5.74, 6) is 1.02. The van der Waals surface area contributed by atoms with Gasteiger partial charge in [0.25, 0.3) is 0 Å². The standard InChI is InChI=1S/C17H17FN2O5/c1-19-17(21)16(20-22)15-9-23-13-7-6-12(8-14(13)25-15)24-11-4-2-10(18)3-5-11/h2-8,15-16,20,22H,9H2,1H3,(H,19,21). The summed E-state index contributed by atoms with van der Waals surface area (Å²) in [6.45, 7) is 0.0941. The number of amides is 1. The van der Waals surface area contributed by atoms with Crippen LogP contribution in [0.15, 0.2) is 42.5 Å². The van der Waals surface area contributed by atoms with Gasteiger partial charge in [0, 0.05) is 13.1 Å². The van der Waals surface area contributed by atoms with Gasteiger partial charge in [-0.3, -0.25) is 4.79 Å². The number of hydrogen-bond acceptors (Lipinski definition) is 6. The average Bonchev–Trinajstić information content (AvgIpc) is 2.63. The van der Waals surface area contributed by atoms with Gasteiger partial charge in [0.1, 0.15) is 23.9 Å². The summed E-state index contributed by atoms with van der Waals surface area (Å²) in [5.41, 5.74) is 1.93. The number of carbonyl (C=O) groups excluding carboxylic acids is 1. The molecule has 0 bridgehead atoms. The molecule has 2 unspecified atom stereocenters. The SMILES string of the molecule is CNC(=O)C(NO)C1COc2ccc(Oc3ccc(F)cc3)cc2O1. The Morgan fingerprint density at radius 1 is 1.24 bits per heavy atom. The average molecular weight is 348 g/mol. The number of nitrogens with one attached hydrogen (secondary N) is 2. The maximum absolute atomic E-state index is 12.9. The van der Waals surface area contributed by atoms with Gasteiger partial charge in [-0.15, -0.1) is 0 Å². The van der Waals surface area contributed by atoms with E-state index in [0.717, 1.165) is 0 Å². The van der Waals surface area contributed by atoms with Gasteiger partial charge in [-0.1, -0.05) is 0 Å². The first-order valence-corrected chi connectivity index (χ1v) is 7.59. The second kappa shape index (κ2) is 7.37. The van der Waals surface area contributed by atoms with Gasteiger partial charge in [0.15, 0.2) is 23.6 Å². The summed E-state index contributed by atoms with van der Waals surface area (Å²) >= 11 is 0. The molecule has 1 aliphatic rings. The second-order valence-electron chi connectivity index (χ2n) is 5.35. The summed E-state index contributed by atoms with van der Waals surface area (Å²) in [6, 6.07) is 9.58. The summed E-state index contributed by atoms with van der Waals surface area (Å²) in [5, 5.41) is 11.6. The maximum Gasteiger partial charge on any atom is 0.243 e. The molecule has 2 aromatic rings. The fourth-order valence-corrected chi connectivity index (χ4v) is 2.40. The van der Waals surface area contributed by atoms with Crippen molar-refractivity contribution in [1.29, 1.82) is 0 Å². The van der Waals surface area contributed by atoms with Crippen LogP contribution in [0.1, 0.15) is 0 Å². The Morgan fingerprint density at radius 3 is 2.64 bits per heavy atom. The van der Waals surface area contributed by atoms with Gasteiger partial charge in [-0.05, 0) is 36.4 Å². The van der Waals surface area contributed by atoms with Crippen molar-refractivity contribution >= 4 is 5.91 Å². The van der Waals surface area contributed by atoms with E-state index in [1.165, 1.54) is 31.3 Å². The molecule has 0 saturated carbocycles. The molecule has 3 N–H and O–H groups in total. The van der Waals surface area contributed by atoms with Crippen molar-refractivity contribution in [3.8, 4) is 23.0 Å². The molecule has 25 heavy (non-hydrogen) atoms. The molecule has 0 fully saturated rings. The zero-order valence-electron chi connectivity index (χ0n) is 13.4. The lowest BCUT2D eigenvalue weighted by atomic mass is 10.1. The number of rotatable bonds is 5. The van der Waals surface area contributed by atoms with E-state index in [1.54, 1.807) is 18.2 Å². The molecule has 1 amide bonds. The number of hydrogen-bond donors (Lipinski definition) is 3. The van der Waals surface area contributed by atoms with Crippen LogP contribution in [0, 0.1) is 5.82 Å². The normalized spacial score (nSPS) is 16.8. The molecule has 0 aromatic heterocycles. The number of halogens is 1. The minimum Gasteiger partial charge on any atom is -0.486 e. The van der Waals surface area contributed by atoms with Crippen molar-refractivity contribution < 1.29 is 28.6 Å². The van der Waals surface area contributed by atoms with Gasteiger partial charge in [-0.25, -0.2) is 4.39 Å². The molecule has 8 heteroatoms. The highest BCUT2D eigenvalue weighted by molar-refractivity contribution is 5.82. The third-order valence-corrected chi connectivity index (χ3v) is 3.69. The first kappa shape index (κ1) is 17.0. The van der Waals surface area contributed by atoms with E-state index >= 15 is 0 Å². The van der Waals surface area contributed by atoms with Gasteiger partial charge >= 0.3 is 0 Å². The Labute approximate surface area is 143 Å². The minimum atomic E-state index is -0.986. The van der Waals surface area contributed by atoms with E-state index in [-0.39, 0.29) is 12.4 Å². The lowest BCUT2D eigenvalue weighted by Gasteiger charge is -2.30. The van der Waals surface area contributed by atoms with Crippen LogP contribution in [0.5, 0.6) is 23.0 Å². The van der Waals surface area contributed by atoms with E-state index < -0.39 is 18.1 Å². The van der Waals surface area contributed by atoms with Crippen LogP contribution in [-0.2, 0) is 4.79 Å². The molecule has 2 atom stereocenters. The first-order chi connectivity index (χ1) is 12.1. The molecule has 0 saturated heterocycles. The molecule has 1 aliphatic heterocycles. The Balaban J connectivity index is 1.76. The van der Waals surface area contributed by atoms with E-state index in [0.29, 0.717) is 23.0 Å². The van der Waals surface area contributed by atoms with Crippen molar-refractivity contribution in [3.63, 3.8) is 0 Å². The van der Waals surface area contributed by atoms with Crippen molar-refractivity contribution in [2.75, 3.05) is 13.7 Å². The zero-order chi connectivity index (χ0) is 17.8. The molecule has 1 heterocycles. The van der Waals surface area contributed by atoms with Crippen molar-refractivity contribution in [2.45, 2.75) is 12.1 Å². The van der Waals surface area contributed by atoms with Crippen LogP contribution in [0.2, 0.25) is 0 Å². The van der Waals surface area contributed by atoms with Crippen LogP contribution in [-0.4, -0.2) is 36.9 Å². The predicted molar refractivity (Wildman–Crippen MR) is 85.6 cm³/mol. The Morgan fingerprint density at radius 2 is 1.96 bits per heavy atom. The summed E-state index contributed by atoms with van der Waals surface area (Å²) < 4.78 is 29.9.